The Morgan fingerprint density at radius 3 is 2.76 bits per heavy atom. The number of pyridine rings is 1. The van der Waals surface area contributed by atoms with Gasteiger partial charge in [-0.25, -0.2) is 10.7 Å². The summed E-state index contributed by atoms with van der Waals surface area (Å²) in [6.45, 7) is 6.45. The minimum atomic E-state index is -0.882. The molecule has 0 aliphatic carbocycles. The summed E-state index contributed by atoms with van der Waals surface area (Å²) in [6.07, 6.45) is 2.88. The smallest absolute Gasteiger partial charge is 0.410 e. The molecule has 2 rings (SSSR count). The standard InChI is InChI=1S/C17H24ClN3O4/c1-17(2,3)25-16(23)21-6-4-11(5-7-21)15-13(18)8-12(9-20-15)14(22)10-24-19/h4,8-9,14,22H,5-7,10,19H2,1-3H3/t14-/m1/s1. The molecule has 1 aromatic rings. The van der Waals surface area contributed by atoms with E-state index in [9.17, 15) is 9.90 Å². The summed E-state index contributed by atoms with van der Waals surface area (Å²) in [7, 11) is 0. The molecule has 1 aliphatic heterocycles. The average molecular weight is 370 g/mol. The van der Waals surface area contributed by atoms with Gasteiger partial charge in [0.2, 0.25) is 0 Å². The van der Waals surface area contributed by atoms with Crippen LogP contribution in [0, 0.1) is 0 Å². The molecule has 2 heterocycles. The third-order valence-electron chi connectivity index (χ3n) is 3.67. The molecule has 25 heavy (non-hydrogen) atoms. The first-order valence-electron chi connectivity index (χ1n) is 8.04. The quantitative estimate of drug-likeness (QED) is 0.792. The second-order valence-electron chi connectivity index (χ2n) is 6.85. The van der Waals surface area contributed by atoms with Gasteiger partial charge in [0.1, 0.15) is 11.7 Å². The van der Waals surface area contributed by atoms with E-state index in [1.54, 1.807) is 17.2 Å². The van der Waals surface area contributed by atoms with Crippen LogP contribution in [0.15, 0.2) is 18.3 Å². The van der Waals surface area contributed by atoms with E-state index in [0.29, 0.717) is 35.8 Å². The molecule has 7 nitrogen and oxygen atoms in total. The second-order valence-corrected chi connectivity index (χ2v) is 7.26. The van der Waals surface area contributed by atoms with E-state index in [0.717, 1.165) is 5.57 Å². The lowest BCUT2D eigenvalue weighted by Crippen LogP contribution is -2.39. The van der Waals surface area contributed by atoms with E-state index >= 15 is 0 Å². The Morgan fingerprint density at radius 2 is 2.24 bits per heavy atom. The number of ether oxygens (including phenoxy) is 1. The van der Waals surface area contributed by atoms with Gasteiger partial charge >= 0.3 is 6.09 Å². The maximum absolute atomic E-state index is 12.1. The maximum Gasteiger partial charge on any atom is 0.410 e. The number of nitrogens with zero attached hydrogens (tertiary/aromatic N) is 2. The zero-order valence-electron chi connectivity index (χ0n) is 14.7. The molecule has 1 amide bonds. The Bertz CT molecular complexity index is 658. The molecule has 0 spiro atoms. The Morgan fingerprint density at radius 1 is 1.52 bits per heavy atom. The zero-order valence-corrected chi connectivity index (χ0v) is 15.4. The van der Waals surface area contributed by atoms with Crippen LogP contribution < -0.4 is 5.90 Å². The maximum atomic E-state index is 12.1. The fraction of sp³-hybridized carbons (Fsp3) is 0.529. The number of aliphatic hydroxyl groups excluding tert-OH is 1. The first-order chi connectivity index (χ1) is 11.7. The van der Waals surface area contributed by atoms with Crippen molar-refractivity contribution in [1.82, 2.24) is 9.88 Å². The average Bonchev–Trinajstić information content (AvgIpc) is 2.53. The molecule has 8 heteroatoms. The summed E-state index contributed by atoms with van der Waals surface area (Å²) in [5.74, 6) is 4.96. The second kappa shape index (κ2) is 8.14. The van der Waals surface area contributed by atoms with Gasteiger partial charge in [-0.1, -0.05) is 17.7 Å². The van der Waals surface area contributed by atoms with Gasteiger partial charge in [-0.3, -0.25) is 4.98 Å². The molecule has 0 aromatic carbocycles. The number of aliphatic hydroxyl groups is 1. The van der Waals surface area contributed by atoms with Gasteiger partial charge in [0.05, 0.1) is 17.3 Å². The number of carbonyl (C=O) groups is 1. The normalized spacial score (nSPS) is 16.4. The topological polar surface area (TPSA) is 97.9 Å². The van der Waals surface area contributed by atoms with E-state index in [1.165, 1.54) is 0 Å². The Balaban J connectivity index is 2.07. The van der Waals surface area contributed by atoms with Crippen LogP contribution in [0.5, 0.6) is 0 Å². The number of halogens is 1. The molecule has 0 fully saturated rings. The number of carbonyl (C=O) groups excluding carboxylic acids is 1. The molecule has 0 saturated carbocycles. The predicted octanol–water partition coefficient (Wildman–Crippen LogP) is 2.68. The summed E-state index contributed by atoms with van der Waals surface area (Å²) in [5.41, 5.74) is 1.62. The lowest BCUT2D eigenvalue weighted by molar-refractivity contribution is 0.0270. The zero-order chi connectivity index (χ0) is 18.6. The molecule has 0 saturated heterocycles. The summed E-state index contributed by atoms with van der Waals surface area (Å²) < 4.78 is 5.37. The SMILES string of the molecule is CC(C)(C)OC(=O)N1CC=C(c2ncc([C@H](O)CON)cc2Cl)CC1. The first-order valence-corrected chi connectivity index (χ1v) is 8.41. The highest BCUT2D eigenvalue weighted by Crippen LogP contribution is 2.29. The molecule has 138 valence electrons. The number of hydrogen-bond acceptors (Lipinski definition) is 6. The van der Waals surface area contributed by atoms with Crippen molar-refractivity contribution in [1.29, 1.82) is 0 Å². The Labute approximate surface area is 152 Å². The minimum absolute atomic E-state index is 0.0368. The van der Waals surface area contributed by atoms with Crippen LogP contribution in [0.3, 0.4) is 0 Å². The van der Waals surface area contributed by atoms with Crippen molar-refractivity contribution in [2.75, 3.05) is 19.7 Å². The Kier molecular flexibility index (Phi) is 6.40. The fourth-order valence-electron chi connectivity index (χ4n) is 2.44. The molecule has 0 bridgehead atoms. The lowest BCUT2D eigenvalue weighted by atomic mass is 10.0. The predicted molar refractivity (Wildman–Crippen MR) is 94.7 cm³/mol. The summed E-state index contributed by atoms with van der Waals surface area (Å²) >= 11 is 6.30. The number of aromatic nitrogens is 1. The third-order valence-corrected chi connectivity index (χ3v) is 3.95. The van der Waals surface area contributed by atoms with Gasteiger partial charge in [-0.05, 0) is 38.8 Å². The van der Waals surface area contributed by atoms with Gasteiger partial charge in [0.15, 0.2) is 0 Å². The van der Waals surface area contributed by atoms with Crippen molar-refractivity contribution in [3.05, 3.63) is 34.6 Å². The minimum Gasteiger partial charge on any atom is -0.444 e. The van der Waals surface area contributed by atoms with E-state index in [2.05, 4.69) is 9.82 Å². The largest absolute Gasteiger partial charge is 0.444 e. The van der Waals surface area contributed by atoms with Gasteiger partial charge in [-0.15, -0.1) is 0 Å². The van der Waals surface area contributed by atoms with Gasteiger partial charge in [0.25, 0.3) is 0 Å². The van der Waals surface area contributed by atoms with E-state index < -0.39 is 11.7 Å². The van der Waals surface area contributed by atoms with Crippen LogP contribution >= 0.6 is 11.6 Å². The highest BCUT2D eigenvalue weighted by atomic mass is 35.5. The molecule has 1 atom stereocenters. The van der Waals surface area contributed by atoms with Crippen molar-refractivity contribution in [2.24, 2.45) is 5.90 Å². The third kappa shape index (κ3) is 5.40. The molecule has 0 radical (unpaired) electrons. The molecule has 3 N–H and O–H groups in total. The van der Waals surface area contributed by atoms with E-state index in [-0.39, 0.29) is 12.7 Å². The lowest BCUT2D eigenvalue weighted by Gasteiger charge is -2.29. The van der Waals surface area contributed by atoms with E-state index in [1.807, 2.05) is 26.8 Å². The highest BCUT2D eigenvalue weighted by molar-refractivity contribution is 6.32. The van der Waals surface area contributed by atoms with Crippen molar-refractivity contribution in [2.45, 2.75) is 38.9 Å². The molecule has 0 unspecified atom stereocenters. The molecular formula is C17H24ClN3O4. The van der Waals surface area contributed by atoms with Gasteiger partial charge < -0.3 is 19.6 Å². The van der Waals surface area contributed by atoms with Crippen LogP contribution in [-0.2, 0) is 9.57 Å². The molecule has 1 aromatic heterocycles. The van der Waals surface area contributed by atoms with Gasteiger partial charge in [0, 0.05) is 24.8 Å². The van der Waals surface area contributed by atoms with E-state index in [4.69, 9.17) is 22.2 Å². The summed E-state index contributed by atoms with van der Waals surface area (Å²) in [6, 6.07) is 1.65. The fourth-order valence-corrected chi connectivity index (χ4v) is 2.73. The van der Waals surface area contributed by atoms with Crippen molar-refractivity contribution >= 4 is 23.3 Å². The Hall–Kier alpha value is -1.67. The van der Waals surface area contributed by atoms with Crippen LogP contribution in [0.2, 0.25) is 5.02 Å². The number of rotatable bonds is 4. The monoisotopic (exact) mass is 369 g/mol. The van der Waals surface area contributed by atoms with Crippen LogP contribution in [0.4, 0.5) is 4.79 Å². The molecular weight excluding hydrogens is 346 g/mol. The van der Waals surface area contributed by atoms with Crippen molar-refractivity contribution in [3.8, 4) is 0 Å². The summed E-state index contributed by atoms with van der Waals surface area (Å²) in [5, 5.41) is 10.3. The summed E-state index contributed by atoms with van der Waals surface area (Å²) in [4.78, 5) is 22.5. The van der Waals surface area contributed by atoms with Crippen LogP contribution in [0.1, 0.15) is 44.6 Å². The first kappa shape index (κ1) is 19.7. The van der Waals surface area contributed by atoms with Gasteiger partial charge in [-0.2, -0.15) is 0 Å². The van der Waals surface area contributed by atoms with Crippen molar-refractivity contribution < 1.29 is 19.5 Å². The molecule has 1 aliphatic rings. The van der Waals surface area contributed by atoms with Crippen molar-refractivity contribution in [3.63, 3.8) is 0 Å². The number of nitrogens with two attached hydrogens (primary N) is 1. The number of hydrogen-bond donors (Lipinski definition) is 2. The number of amides is 1. The van der Waals surface area contributed by atoms with Crippen LogP contribution in [-0.4, -0.2) is 46.4 Å². The highest BCUT2D eigenvalue weighted by Gasteiger charge is 2.25. The van der Waals surface area contributed by atoms with Crippen LogP contribution in [0.25, 0.3) is 5.57 Å².